The molecule has 0 aromatic heterocycles. The molecule has 2 aliphatic rings. The molecule has 3 N–H and O–H groups in total. The Bertz CT molecular complexity index is 764. The molecule has 1 aromatic rings. The van der Waals surface area contributed by atoms with Crippen LogP contribution in [0.2, 0.25) is 5.02 Å². The van der Waals surface area contributed by atoms with E-state index in [0.29, 0.717) is 12.8 Å². The van der Waals surface area contributed by atoms with Gasteiger partial charge in [0.15, 0.2) is 11.5 Å². The molecule has 1 atom stereocenters. The molecule has 0 bridgehead atoms. The second-order valence-electron chi connectivity index (χ2n) is 5.22. The number of rotatable bonds is 0. The Balaban J connectivity index is 2.30. The molecule has 0 radical (unpaired) electrons. The van der Waals surface area contributed by atoms with E-state index in [9.17, 15) is 28.2 Å². The maximum atomic E-state index is 13.7. The van der Waals surface area contributed by atoms with E-state index in [4.69, 9.17) is 11.6 Å². The molecule has 1 fully saturated rings. The van der Waals surface area contributed by atoms with Crippen molar-refractivity contribution in [2.75, 3.05) is 5.32 Å². The first-order valence-corrected chi connectivity index (χ1v) is 6.88. The summed E-state index contributed by atoms with van der Waals surface area (Å²) >= 11 is 5.65. The van der Waals surface area contributed by atoms with Gasteiger partial charge >= 0.3 is 12.3 Å². The van der Waals surface area contributed by atoms with Gasteiger partial charge in [-0.1, -0.05) is 17.5 Å². The molecule has 0 spiro atoms. The van der Waals surface area contributed by atoms with Gasteiger partial charge in [-0.3, -0.25) is 5.32 Å². The smallest absolute Gasteiger partial charge is 0.445 e. The van der Waals surface area contributed by atoms with Crippen LogP contribution in [0.1, 0.15) is 18.4 Å². The van der Waals surface area contributed by atoms with Crippen LogP contribution in [0.15, 0.2) is 6.07 Å². The van der Waals surface area contributed by atoms with E-state index in [2.05, 4.69) is 10.7 Å². The number of aromatic hydroxyl groups is 2. The monoisotopic (exact) mass is 347 g/mol. The number of anilines is 1. The van der Waals surface area contributed by atoms with Crippen LogP contribution in [-0.4, -0.2) is 22.5 Å². The summed E-state index contributed by atoms with van der Waals surface area (Å²) in [7, 11) is 0. The third kappa shape index (κ3) is 2.41. The molecular weight excluding hydrogens is 339 g/mol. The average molecular weight is 348 g/mol. The highest BCUT2D eigenvalue weighted by atomic mass is 35.5. The molecule has 1 amide bonds. The van der Waals surface area contributed by atoms with Crippen LogP contribution in [0, 0.1) is 17.8 Å². The van der Waals surface area contributed by atoms with E-state index in [-0.39, 0.29) is 5.92 Å². The van der Waals surface area contributed by atoms with Gasteiger partial charge in [0.1, 0.15) is 0 Å². The maximum absolute atomic E-state index is 13.7. The van der Waals surface area contributed by atoms with Gasteiger partial charge in [0.25, 0.3) is 5.60 Å². The fourth-order valence-electron chi connectivity index (χ4n) is 2.16. The minimum Gasteiger partial charge on any atom is -0.503 e. The highest BCUT2D eigenvalue weighted by Gasteiger charge is 2.62. The van der Waals surface area contributed by atoms with Crippen molar-refractivity contribution in [1.29, 1.82) is 0 Å². The molecule has 122 valence electrons. The minimum absolute atomic E-state index is 0.188. The Morgan fingerprint density at radius 3 is 2.57 bits per heavy atom. The number of ether oxygens (including phenoxy) is 1. The number of carbonyl (C=O) groups is 1. The summed E-state index contributed by atoms with van der Waals surface area (Å²) in [6.07, 6.45) is -5.19. The number of hydrogen-bond acceptors (Lipinski definition) is 4. The van der Waals surface area contributed by atoms with Crippen molar-refractivity contribution in [3.05, 3.63) is 16.7 Å². The zero-order valence-electron chi connectivity index (χ0n) is 11.3. The lowest BCUT2D eigenvalue weighted by Crippen LogP contribution is -2.49. The summed E-state index contributed by atoms with van der Waals surface area (Å²) in [6.45, 7) is 0. The number of nitrogens with one attached hydrogen (secondary N) is 1. The molecule has 1 heterocycles. The number of phenolic OH excluding ortho intramolecular Hbond substituents is 2. The molecule has 23 heavy (non-hydrogen) atoms. The summed E-state index contributed by atoms with van der Waals surface area (Å²) in [5.41, 5.74) is -4.58. The zero-order chi connectivity index (χ0) is 17.0. The normalized spacial score (nSPS) is 23.2. The number of benzene rings is 1. The highest BCUT2D eigenvalue weighted by molar-refractivity contribution is 6.32. The molecule has 1 aliphatic carbocycles. The predicted molar refractivity (Wildman–Crippen MR) is 73.1 cm³/mol. The number of alkyl halides is 3. The predicted octanol–water partition coefficient (Wildman–Crippen LogP) is 3.48. The highest BCUT2D eigenvalue weighted by Crippen LogP contribution is 2.53. The van der Waals surface area contributed by atoms with Gasteiger partial charge in [0.2, 0.25) is 0 Å². The third-order valence-electron chi connectivity index (χ3n) is 3.51. The van der Waals surface area contributed by atoms with E-state index in [0.717, 1.165) is 6.07 Å². The number of halogens is 4. The van der Waals surface area contributed by atoms with Crippen molar-refractivity contribution >= 4 is 23.4 Å². The number of carbonyl (C=O) groups excluding carboxylic acids is 1. The van der Waals surface area contributed by atoms with Gasteiger partial charge in [-0.15, -0.1) is 0 Å². The van der Waals surface area contributed by atoms with E-state index in [1.807, 2.05) is 11.2 Å². The lowest BCUT2D eigenvalue weighted by Gasteiger charge is -2.36. The number of phenols is 2. The van der Waals surface area contributed by atoms with E-state index < -0.39 is 45.6 Å². The summed E-state index contributed by atoms with van der Waals surface area (Å²) in [5.74, 6) is 2.40. The molecule has 9 heteroatoms. The second-order valence-corrected chi connectivity index (χ2v) is 5.62. The average Bonchev–Trinajstić information content (AvgIpc) is 3.26. The van der Waals surface area contributed by atoms with Crippen LogP contribution in [0.4, 0.5) is 23.7 Å². The van der Waals surface area contributed by atoms with Crippen molar-refractivity contribution in [3.8, 4) is 23.3 Å². The lowest BCUT2D eigenvalue weighted by atomic mass is 9.89. The molecule has 5 nitrogen and oxygen atoms in total. The summed E-state index contributed by atoms with van der Waals surface area (Å²) in [5, 5.41) is 20.8. The van der Waals surface area contributed by atoms with Crippen LogP contribution < -0.4 is 5.32 Å². The van der Waals surface area contributed by atoms with Gasteiger partial charge in [-0.05, 0) is 24.8 Å². The first-order valence-electron chi connectivity index (χ1n) is 6.50. The van der Waals surface area contributed by atoms with Crippen molar-refractivity contribution in [2.24, 2.45) is 5.92 Å². The first-order chi connectivity index (χ1) is 10.7. The third-order valence-corrected chi connectivity index (χ3v) is 3.80. The van der Waals surface area contributed by atoms with Crippen LogP contribution >= 0.6 is 11.6 Å². The molecule has 1 aromatic carbocycles. The van der Waals surface area contributed by atoms with Crippen LogP contribution in [0.3, 0.4) is 0 Å². The number of hydrogen-bond donors (Lipinski definition) is 3. The van der Waals surface area contributed by atoms with Crippen molar-refractivity contribution in [1.82, 2.24) is 0 Å². The van der Waals surface area contributed by atoms with Crippen LogP contribution in [0.5, 0.6) is 11.5 Å². The molecular formula is C14H9ClF3NO4. The van der Waals surface area contributed by atoms with Gasteiger partial charge in [-0.25, -0.2) is 4.79 Å². The Labute approximate surface area is 133 Å². The van der Waals surface area contributed by atoms with E-state index in [1.165, 1.54) is 0 Å². The molecule has 0 unspecified atom stereocenters. The lowest BCUT2D eigenvalue weighted by molar-refractivity contribution is -0.239. The standard InChI is InChI=1S/C14H9ClF3NO4/c15-8-5-7-9(11(21)10(8)20)19-12(22)23-13(7,14(16,17)18)4-3-6-1-2-6/h5-6,20-21H,1-2H2,(H,19,22)/t13-/m1/s1. The van der Waals surface area contributed by atoms with Gasteiger partial charge in [0.05, 0.1) is 10.7 Å². The quantitative estimate of drug-likeness (QED) is 0.496. The minimum atomic E-state index is -5.08. The number of fused-ring (bicyclic) bond motifs is 1. The Morgan fingerprint density at radius 2 is 2.00 bits per heavy atom. The maximum Gasteiger partial charge on any atom is 0.445 e. The largest absolute Gasteiger partial charge is 0.503 e. The first kappa shape index (κ1) is 15.6. The van der Waals surface area contributed by atoms with Crippen LogP contribution in [0.25, 0.3) is 0 Å². The fourth-order valence-corrected chi connectivity index (χ4v) is 2.36. The Hall–Kier alpha value is -2.27. The van der Waals surface area contributed by atoms with Crippen molar-refractivity contribution in [2.45, 2.75) is 24.6 Å². The summed E-state index contributed by atoms with van der Waals surface area (Å²) in [4.78, 5) is 11.6. The molecule has 3 rings (SSSR count). The van der Waals surface area contributed by atoms with Crippen molar-refractivity contribution < 1.29 is 32.9 Å². The summed E-state index contributed by atoms with van der Waals surface area (Å²) < 4.78 is 45.6. The molecule has 1 aliphatic heterocycles. The van der Waals surface area contributed by atoms with Gasteiger partial charge in [0, 0.05) is 11.5 Å². The Morgan fingerprint density at radius 1 is 1.35 bits per heavy atom. The van der Waals surface area contributed by atoms with Gasteiger partial charge in [-0.2, -0.15) is 13.2 Å². The van der Waals surface area contributed by atoms with Crippen LogP contribution in [-0.2, 0) is 10.3 Å². The summed E-state index contributed by atoms with van der Waals surface area (Å²) in [6, 6.07) is 0.764. The topological polar surface area (TPSA) is 78.8 Å². The SMILES string of the molecule is O=C1Nc2c(cc(Cl)c(O)c2O)[C@](C#CC2CC2)(C(F)(F)F)O1. The van der Waals surface area contributed by atoms with E-state index in [1.54, 1.807) is 0 Å². The van der Waals surface area contributed by atoms with Gasteiger partial charge < -0.3 is 14.9 Å². The van der Waals surface area contributed by atoms with Crippen molar-refractivity contribution in [3.63, 3.8) is 0 Å². The zero-order valence-corrected chi connectivity index (χ0v) is 12.0. The number of amides is 1. The number of cyclic esters (lactones) is 1. The molecule has 0 saturated heterocycles. The Kier molecular flexibility index (Phi) is 3.30. The fraction of sp³-hybridized carbons (Fsp3) is 0.357. The molecule has 1 saturated carbocycles. The second kappa shape index (κ2) is 4.86. The van der Waals surface area contributed by atoms with E-state index >= 15 is 0 Å².